The summed E-state index contributed by atoms with van der Waals surface area (Å²) in [4.78, 5) is 0. The lowest BCUT2D eigenvalue weighted by atomic mass is 10.2. The fraction of sp³-hybridized carbons (Fsp3) is 0.111. The molecule has 3 nitrogen and oxygen atoms in total. The predicted molar refractivity (Wildman–Crippen MR) is 58.2 cm³/mol. The minimum Gasteiger partial charge on any atom is -0.247 e. The van der Waals surface area contributed by atoms with Gasteiger partial charge in [-0.2, -0.15) is 0 Å². The first-order chi connectivity index (χ1) is 7.16. The quantitative estimate of drug-likeness (QED) is 0.794. The number of aromatic nitrogens is 3. The average molecular weight is 321 g/mol. The Kier molecular flexibility index (Phi) is 2.94. The van der Waals surface area contributed by atoms with Gasteiger partial charge >= 0.3 is 0 Å². The third-order valence-electron chi connectivity index (χ3n) is 1.89. The molecule has 6 heteroatoms. The number of rotatable bonds is 2. The maximum Gasteiger partial charge on any atom is 0.143 e. The van der Waals surface area contributed by atoms with Crippen LogP contribution in [-0.4, -0.2) is 15.0 Å². The zero-order valence-corrected chi connectivity index (χ0v) is 9.65. The van der Waals surface area contributed by atoms with Crippen LogP contribution in [0.2, 0.25) is 0 Å². The monoisotopic (exact) mass is 321 g/mol. The van der Waals surface area contributed by atoms with Gasteiger partial charge in [-0.3, -0.25) is 0 Å². The molecular formula is C9H6F2IN3. The lowest BCUT2D eigenvalue weighted by molar-refractivity contribution is 0.528. The van der Waals surface area contributed by atoms with Crippen molar-refractivity contribution in [2.45, 2.75) is 6.54 Å². The van der Waals surface area contributed by atoms with Crippen LogP contribution in [0.25, 0.3) is 0 Å². The first-order valence-corrected chi connectivity index (χ1v) is 5.23. The molecule has 0 saturated heterocycles. The number of benzene rings is 1. The molecule has 0 spiro atoms. The Balaban J connectivity index is 2.31. The summed E-state index contributed by atoms with van der Waals surface area (Å²) in [5, 5.41) is 7.45. The first-order valence-electron chi connectivity index (χ1n) is 4.15. The van der Waals surface area contributed by atoms with Gasteiger partial charge in [0.1, 0.15) is 15.3 Å². The van der Waals surface area contributed by atoms with Crippen molar-refractivity contribution in [3.05, 3.63) is 45.3 Å². The summed E-state index contributed by atoms with van der Waals surface area (Å²) in [6.07, 6.45) is 1.62. The van der Waals surface area contributed by atoms with Crippen molar-refractivity contribution >= 4 is 22.6 Å². The lowest BCUT2D eigenvalue weighted by Gasteiger charge is -2.03. The zero-order chi connectivity index (χ0) is 10.8. The van der Waals surface area contributed by atoms with Crippen LogP contribution in [0.3, 0.4) is 0 Å². The standard InChI is InChI=1S/C9H6F2IN3/c10-7-2-1-3-8(11)6(7)4-15-5-9(12)13-14-15/h1-3,5H,4H2. The van der Waals surface area contributed by atoms with E-state index >= 15 is 0 Å². The van der Waals surface area contributed by atoms with Crippen LogP contribution in [0.1, 0.15) is 5.56 Å². The van der Waals surface area contributed by atoms with Gasteiger partial charge in [-0.25, -0.2) is 13.5 Å². The van der Waals surface area contributed by atoms with Crippen LogP contribution in [-0.2, 0) is 6.54 Å². The minimum atomic E-state index is -0.569. The molecule has 0 aliphatic carbocycles. The molecule has 15 heavy (non-hydrogen) atoms. The Morgan fingerprint density at radius 2 is 1.93 bits per heavy atom. The van der Waals surface area contributed by atoms with Gasteiger partial charge in [0.05, 0.1) is 12.7 Å². The Labute approximate surface area is 98.2 Å². The third-order valence-corrected chi connectivity index (χ3v) is 2.39. The highest BCUT2D eigenvalue weighted by molar-refractivity contribution is 14.1. The molecule has 0 aliphatic heterocycles. The van der Waals surface area contributed by atoms with Crippen molar-refractivity contribution in [1.29, 1.82) is 0 Å². The lowest BCUT2D eigenvalue weighted by Crippen LogP contribution is -2.05. The summed E-state index contributed by atoms with van der Waals surface area (Å²) in [7, 11) is 0. The number of halogens is 3. The summed E-state index contributed by atoms with van der Waals surface area (Å²) >= 11 is 1.98. The van der Waals surface area contributed by atoms with Crippen molar-refractivity contribution < 1.29 is 8.78 Å². The zero-order valence-electron chi connectivity index (χ0n) is 7.49. The molecule has 0 atom stereocenters. The highest BCUT2D eigenvalue weighted by atomic mass is 127. The smallest absolute Gasteiger partial charge is 0.143 e. The van der Waals surface area contributed by atoms with Gasteiger partial charge < -0.3 is 0 Å². The second-order valence-electron chi connectivity index (χ2n) is 2.94. The Bertz CT molecular complexity index is 464. The van der Waals surface area contributed by atoms with Crippen molar-refractivity contribution in [1.82, 2.24) is 15.0 Å². The Morgan fingerprint density at radius 3 is 2.47 bits per heavy atom. The summed E-state index contributed by atoms with van der Waals surface area (Å²) in [5.74, 6) is -1.14. The predicted octanol–water partition coefficient (Wildman–Crippen LogP) is 2.21. The molecule has 0 fully saturated rings. The van der Waals surface area contributed by atoms with Crippen molar-refractivity contribution in [3.8, 4) is 0 Å². The van der Waals surface area contributed by atoms with E-state index in [4.69, 9.17) is 0 Å². The normalized spacial score (nSPS) is 10.6. The molecule has 2 rings (SSSR count). The van der Waals surface area contributed by atoms with Crippen molar-refractivity contribution in [2.75, 3.05) is 0 Å². The molecule has 0 saturated carbocycles. The van der Waals surface area contributed by atoms with Gasteiger partial charge in [0, 0.05) is 5.56 Å². The third kappa shape index (κ3) is 2.31. The molecule has 0 amide bonds. The topological polar surface area (TPSA) is 30.7 Å². The van der Waals surface area contributed by atoms with Gasteiger partial charge in [-0.05, 0) is 34.7 Å². The SMILES string of the molecule is Fc1cccc(F)c1Cn1cc(I)nn1. The van der Waals surface area contributed by atoms with E-state index in [2.05, 4.69) is 10.3 Å². The molecule has 78 valence electrons. The molecule has 0 radical (unpaired) electrons. The maximum atomic E-state index is 13.2. The molecule has 1 aromatic heterocycles. The fourth-order valence-corrected chi connectivity index (χ4v) is 1.62. The molecule has 1 heterocycles. The average Bonchev–Trinajstić information content (AvgIpc) is 2.58. The van der Waals surface area contributed by atoms with Gasteiger partial charge in [0.15, 0.2) is 0 Å². The van der Waals surface area contributed by atoms with Crippen LogP contribution in [0, 0.1) is 15.3 Å². The van der Waals surface area contributed by atoms with E-state index in [1.165, 1.54) is 22.9 Å². The molecule has 0 unspecified atom stereocenters. The second kappa shape index (κ2) is 4.21. The summed E-state index contributed by atoms with van der Waals surface area (Å²) in [6, 6.07) is 3.78. The first kappa shape index (κ1) is 10.5. The van der Waals surface area contributed by atoms with Crippen LogP contribution < -0.4 is 0 Å². The van der Waals surface area contributed by atoms with Crippen LogP contribution in [0.15, 0.2) is 24.4 Å². The van der Waals surface area contributed by atoms with Crippen LogP contribution >= 0.6 is 22.6 Å². The Hall–Kier alpha value is -1.05. The molecule has 0 bridgehead atoms. The van der Waals surface area contributed by atoms with Crippen LogP contribution in [0.5, 0.6) is 0 Å². The van der Waals surface area contributed by atoms with E-state index in [-0.39, 0.29) is 12.1 Å². The molecule has 0 N–H and O–H groups in total. The van der Waals surface area contributed by atoms with Gasteiger partial charge in [0.2, 0.25) is 0 Å². The summed E-state index contributed by atoms with van der Waals surface area (Å²) in [5.41, 5.74) is -0.00111. The summed E-state index contributed by atoms with van der Waals surface area (Å²) < 4.78 is 28.6. The Morgan fingerprint density at radius 1 is 1.27 bits per heavy atom. The van der Waals surface area contributed by atoms with Gasteiger partial charge in [-0.1, -0.05) is 11.3 Å². The number of hydrogen-bond acceptors (Lipinski definition) is 2. The molecular weight excluding hydrogens is 315 g/mol. The van der Waals surface area contributed by atoms with E-state index < -0.39 is 11.6 Å². The maximum absolute atomic E-state index is 13.2. The van der Waals surface area contributed by atoms with E-state index in [0.717, 1.165) is 0 Å². The molecule has 0 aliphatic rings. The largest absolute Gasteiger partial charge is 0.247 e. The summed E-state index contributed by atoms with van der Waals surface area (Å²) in [6.45, 7) is 0.0501. The van der Waals surface area contributed by atoms with E-state index in [1.54, 1.807) is 6.20 Å². The number of nitrogens with zero attached hydrogens (tertiary/aromatic N) is 3. The highest BCUT2D eigenvalue weighted by Crippen LogP contribution is 2.13. The van der Waals surface area contributed by atoms with Crippen molar-refractivity contribution in [3.63, 3.8) is 0 Å². The highest BCUT2D eigenvalue weighted by Gasteiger charge is 2.09. The molecule has 2 aromatic rings. The minimum absolute atomic E-state index is 0.00111. The fourth-order valence-electron chi connectivity index (χ4n) is 1.20. The van der Waals surface area contributed by atoms with E-state index in [9.17, 15) is 8.78 Å². The van der Waals surface area contributed by atoms with Gasteiger partial charge in [-0.15, -0.1) is 5.10 Å². The second-order valence-corrected chi connectivity index (χ2v) is 4.04. The van der Waals surface area contributed by atoms with Gasteiger partial charge in [0.25, 0.3) is 0 Å². The van der Waals surface area contributed by atoms with Crippen LogP contribution in [0.4, 0.5) is 8.78 Å². The number of hydrogen-bond donors (Lipinski definition) is 0. The van der Waals surface area contributed by atoms with E-state index in [0.29, 0.717) is 3.70 Å². The van der Waals surface area contributed by atoms with Crippen molar-refractivity contribution in [2.24, 2.45) is 0 Å². The molecule has 1 aromatic carbocycles. The van der Waals surface area contributed by atoms with E-state index in [1.807, 2.05) is 22.6 Å².